The lowest BCUT2D eigenvalue weighted by Crippen LogP contribution is -2.15. The molecular formula is C20H18Cl2O2. The van der Waals surface area contributed by atoms with Crippen LogP contribution < -0.4 is 0 Å². The third kappa shape index (κ3) is 3.82. The van der Waals surface area contributed by atoms with Crippen molar-refractivity contribution in [2.75, 3.05) is 0 Å². The van der Waals surface area contributed by atoms with Crippen LogP contribution in [0.3, 0.4) is 0 Å². The van der Waals surface area contributed by atoms with Gasteiger partial charge in [0.15, 0.2) is 0 Å². The zero-order chi connectivity index (χ0) is 17.1. The van der Waals surface area contributed by atoms with Gasteiger partial charge in [0, 0.05) is 17.0 Å². The Labute approximate surface area is 152 Å². The molecule has 4 heteroatoms. The van der Waals surface area contributed by atoms with Crippen LogP contribution in [0, 0.1) is 0 Å². The first-order chi connectivity index (χ1) is 11.5. The maximum atomic E-state index is 11.5. The largest absolute Gasteiger partial charge is 0.458 e. The number of carbonyl (C=O) groups excluding carboxylic acids is 1. The van der Waals surface area contributed by atoms with Gasteiger partial charge in [-0.3, -0.25) is 4.79 Å². The number of ether oxygens (including phenoxy) is 1. The van der Waals surface area contributed by atoms with Crippen molar-refractivity contribution in [3.8, 4) is 0 Å². The monoisotopic (exact) mass is 360 g/mol. The molecule has 0 saturated heterocycles. The molecular weight excluding hydrogens is 343 g/mol. The smallest absolute Gasteiger partial charge is 0.303 e. The number of esters is 1. The first kappa shape index (κ1) is 17.1. The number of carbonyl (C=O) groups is 1. The Morgan fingerprint density at radius 3 is 1.92 bits per heavy atom. The van der Waals surface area contributed by atoms with Gasteiger partial charge in [0.2, 0.25) is 0 Å². The lowest BCUT2D eigenvalue weighted by Gasteiger charge is -2.19. The standard InChI is InChI=1S/C20H18Cl2O2/c1-13(23)24-19-4-2-3-18(19)20(14-5-9-16(21)10-6-14)15-7-11-17(22)12-8-15/h5-12,19H,2-4H2,1H3. The molecule has 2 nitrogen and oxygen atoms in total. The normalized spacial score (nSPS) is 17.0. The van der Waals surface area contributed by atoms with Crippen molar-refractivity contribution < 1.29 is 9.53 Å². The summed E-state index contributed by atoms with van der Waals surface area (Å²) in [6, 6.07) is 15.5. The second-order valence-corrected chi connectivity index (χ2v) is 6.78. The summed E-state index contributed by atoms with van der Waals surface area (Å²) in [6.45, 7) is 1.46. The van der Waals surface area contributed by atoms with Crippen LogP contribution in [0.1, 0.15) is 37.3 Å². The molecule has 0 heterocycles. The molecule has 2 aromatic carbocycles. The zero-order valence-electron chi connectivity index (χ0n) is 13.4. The fourth-order valence-electron chi connectivity index (χ4n) is 3.20. The molecule has 0 aliphatic heterocycles. The first-order valence-electron chi connectivity index (χ1n) is 7.97. The lowest BCUT2D eigenvalue weighted by atomic mass is 9.91. The van der Waals surface area contributed by atoms with Crippen molar-refractivity contribution in [3.05, 3.63) is 75.3 Å². The van der Waals surface area contributed by atoms with Gasteiger partial charge >= 0.3 is 5.97 Å². The van der Waals surface area contributed by atoms with E-state index < -0.39 is 0 Å². The zero-order valence-corrected chi connectivity index (χ0v) is 14.9. The third-order valence-corrected chi connectivity index (χ3v) is 4.70. The van der Waals surface area contributed by atoms with Crippen molar-refractivity contribution in [1.82, 2.24) is 0 Å². The molecule has 124 valence electrons. The molecule has 1 saturated carbocycles. The fraction of sp³-hybridized carbons (Fsp3) is 0.250. The minimum absolute atomic E-state index is 0.163. The van der Waals surface area contributed by atoms with Crippen LogP contribution in [0.5, 0.6) is 0 Å². The minimum atomic E-state index is -0.244. The topological polar surface area (TPSA) is 26.3 Å². The van der Waals surface area contributed by atoms with Crippen molar-refractivity contribution in [2.24, 2.45) is 0 Å². The highest BCUT2D eigenvalue weighted by molar-refractivity contribution is 6.31. The van der Waals surface area contributed by atoms with Crippen LogP contribution >= 0.6 is 23.2 Å². The minimum Gasteiger partial charge on any atom is -0.458 e. The highest BCUT2D eigenvalue weighted by atomic mass is 35.5. The summed E-state index contributed by atoms with van der Waals surface area (Å²) in [6.07, 6.45) is 2.62. The molecule has 0 radical (unpaired) electrons. The van der Waals surface area contributed by atoms with Gasteiger partial charge in [0.25, 0.3) is 0 Å². The van der Waals surface area contributed by atoms with E-state index >= 15 is 0 Å². The van der Waals surface area contributed by atoms with Gasteiger partial charge in [0.05, 0.1) is 0 Å². The van der Waals surface area contributed by atoms with Crippen LogP contribution in [0.2, 0.25) is 10.0 Å². The van der Waals surface area contributed by atoms with Crippen LogP contribution in [-0.4, -0.2) is 12.1 Å². The number of halogens is 2. The molecule has 24 heavy (non-hydrogen) atoms. The SMILES string of the molecule is CC(=O)OC1CCCC1=C(c1ccc(Cl)cc1)c1ccc(Cl)cc1. The van der Waals surface area contributed by atoms with Gasteiger partial charge in [-0.05, 0) is 65.8 Å². The second-order valence-electron chi connectivity index (χ2n) is 5.90. The summed E-state index contributed by atoms with van der Waals surface area (Å²) in [5, 5.41) is 1.39. The quantitative estimate of drug-likeness (QED) is 0.635. The van der Waals surface area contributed by atoms with E-state index in [1.165, 1.54) is 6.92 Å². The summed E-state index contributed by atoms with van der Waals surface area (Å²) >= 11 is 12.1. The molecule has 1 atom stereocenters. The van der Waals surface area contributed by atoms with E-state index in [4.69, 9.17) is 27.9 Å². The maximum absolute atomic E-state index is 11.5. The predicted molar refractivity (Wildman–Crippen MR) is 98.3 cm³/mol. The van der Waals surface area contributed by atoms with Crippen LogP contribution in [-0.2, 0) is 9.53 Å². The fourth-order valence-corrected chi connectivity index (χ4v) is 3.45. The molecule has 1 fully saturated rings. The Morgan fingerprint density at radius 1 is 0.958 bits per heavy atom. The van der Waals surface area contributed by atoms with Gasteiger partial charge in [-0.1, -0.05) is 47.5 Å². The Morgan fingerprint density at radius 2 is 1.46 bits per heavy atom. The highest BCUT2D eigenvalue weighted by Gasteiger charge is 2.27. The number of hydrogen-bond donors (Lipinski definition) is 0. The summed E-state index contributed by atoms with van der Waals surface area (Å²) in [4.78, 5) is 11.5. The van der Waals surface area contributed by atoms with Crippen LogP contribution in [0.4, 0.5) is 0 Å². The average molecular weight is 361 g/mol. The van der Waals surface area contributed by atoms with E-state index in [1.807, 2.05) is 48.5 Å². The maximum Gasteiger partial charge on any atom is 0.303 e. The van der Waals surface area contributed by atoms with Crippen LogP contribution in [0.25, 0.3) is 5.57 Å². The molecule has 0 spiro atoms. The highest BCUT2D eigenvalue weighted by Crippen LogP contribution is 2.38. The van der Waals surface area contributed by atoms with E-state index in [2.05, 4.69) is 0 Å². The molecule has 2 aromatic rings. The Hall–Kier alpha value is -1.77. The van der Waals surface area contributed by atoms with Crippen LogP contribution in [0.15, 0.2) is 54.1 Å². The van der Waals surface area contributed by atoms with E-state index in [0.29, 0.717) is 10.0 Å². The van der Waals surface area contributed by atoms with E-state index in [1.54, 1.807) is 0 Å². The number of hydrogen-bond acceptors (Lipinski definition) is 2. The molecule has 0 aromatic heterocycles. The van der Waals surface area contributed by atoms with E-state index in [9.17, 15) is 4.79 Å². The molecule has 0 amide bonds. The van der Waals surface area contributed by atoms with E-state index in [0.717, 1.165) is 41.5 Å². The third-order valence-electron chi connectivity index (χ3n) is 4.20. The van der Waals surface area contributed by atoms with Gasteiger partial charge in [0.1, 0.15) is 6.10 Å². The molecule has 1 aliphatic rings. The molecule has 3 rings (SSSR count). The Bertz CT molecular complexity index is 714. The summed E-state index contributed by atoms with van der Waals surface area (Å²) in [5.74, 6) is -0.244. The molecule has 0 bridgehead atoms. The Kier molecular flexibility index (Phi) is 5.27. The van der Waals surface area contributed by atoms with E-state index in [-0.39, 0.29) is 12.1 Å². The average Bonchev–Trinajstić information content (AvgIpc) is 2.98. The van der Waals surface area contributed by atoms with Crippen molar-refractivity contribution in [2.45, 2.75) is 32.3 Å². The lowest BCUT2D eigenvalue weighted by molar-refractivity contribution is -0.144. The van der Waals surface area contributed by atoms with Gasteiger partial charge in [-0.25, -0.2) is 0 Å². The van der Waals surface area contributed by atoms with Crippen molar-refractivity contribution in [3.63, 3.8) is 0 Å². The molecule has 1 unspecified atom stereocenters. The summed E-state index contributed by atoms with van der Waals surface area (Å²) in [7, 11) is 0. The summed E-state index contributed by atoms with van der Waals surface area (Å²) < 4.78 is 5.55. The predicted octanol–water partition coefficient (Wildman–Crippen LogP) is 5.91. The summed E-state index contributed by atoms with van der Waals surface area (Å²) in [5.41, 5.74) is 4.40. The first-order valence-corrected chi connectivity index (χ1v) is 8.72. The number of rotatable bonds is 3. The van der Waals surface area contributed by atoms with Gasteiger partial charge in [-0.15, -0.1) is 0 Å². The number of benzene rings is 2. The Balaban J connectivity index is 2.13. The molecule has 0 N–H and O–H groups in total. The van der Waals surface area contributed by atoms with Crippen molar-refractivity contribution >= 4 is 34.7 Å². The molecule has 1 aliphatic carbocycles. The van der Waals surface area contributed by atoms with Crippen molar-refractivity contribution in [1.29, 1.82) is 0 Å². The van der Waals surface area contributed by atoms with Gasteiger partial charge in [-0.2, -0.15) is 0 Å². The van der Waals surface area contributed by atoms with Gasteiger partial charge < -0.3 is 4.74 Å². The second kappa shape index (κ2) is 7.42.